The molecular weight excluding hydrogens is 380 g/mol. The summed E-state index contributed by atoms with van der Waals surface area (Å²) >= 11 is 6.01. The highest BCUT2D eigenvalue weighted by Crippen LogP contribution is 2.16. The number of carbonyl (C=O) groups excluding carboxylic acids is 3. The van der Waals surface area contributed by atoms with Gasteiger partial charge in [-0.05, 0) is 29.7 Å². The summed E-state index contributed by atoms with van der Waals surface area (Å²) in [5.74, 6) is -1.06. The average molecular weight is 403 g/mol. The highest BCUT2D eigenvalue weighted by atomic mass is 35.5. The van der Waals surface area contributed by atoms with Crippen molar-refractivity contribution in [3.63, 3.8) is 0 Å². The van der Waals surface area contributed by atoms with Crippen LogP contribution in [0.3, 0.4) is 0 Å². The zero-order valence-electron chi connectivity index (χ0n) is 15.8. The second kappa shape index (κ2) is 10.5. The van der Waals surface area contributed by atoms with Crippen LogP contribution >= 0.6 is 11.6 Å². The van der Waals surface area contributed by atoms with Crippen molar-refractivity contribution in [2.75, 3.05) is 18.5 Å². The number of anilines is 1. The molecule has 0 aliphatic carbocycles. The van der Waals surface area contributed by atoms with Crippen LogP contribution in [0.25, 0.3) is 0 Å². The van der Waals surface area contributed by atoms with Crippen LogP contribution in [-0.2, 0) is 20.7 Å². The Morgan fingerprint density at radius 3 is 2.43 bits per heavy atom. The maximum atomic E-state index is 12.3. The second-order valence-electron chi connectivity index (χ2n) is 6.63. The molecule has 7 heteroatoms. The van der Waals surface area contributed by atoms with Crippen molar-refractivity contribution in [2.24, 2.45) is 5.92 Å². The number of carbonyl (C=O) groups is 3. The van der Waals surface area contributed by atoms with E-state index in [4.69, 9.17) is 16.3 Å². The van der Waals surface area contributed by atoms with E-state index in [0.29, 0.717) is 34.3 Å². The van der Waals surface area contributed by atoms with Gasteiger partial charge in [-0.1, -0.05) is 55.8 Å². The van der Waals surface area contributed by atoms with E-state index in [9.17, 15) is 14.4 Å². The molecule has 0 saturated heterocycles. The monoisotopic (exact) mass is 402 g/mol. The van der Waals surface area contributed by atoms with Crippen LogP contribution in [0.1, 0.15) is 29.8 Å². The zero-order valence-corrected chi connectivity index (χ0v) is 16.6. The van der Waals surface area contributed by atoms with Gasteiger partial charge in [0, 0.05) is 11.6 Å². The van der Waals surface area contributed by atoms with Crippen LogP contribution in [0.2, 0.25) is 5.02 Å². The van der Waals surface area contributed by atoms with E-state index in [1.165, 1.54) is 0 Å². The van der Waals surface area contributed by atoms with Gasteiger partial charge >= 0.3 is 5.97 Å². The number of ether oxygens (including phenoxy) is 1. The molecule has 2 rings (SSSR count). The molecule has 0 aliphatic rings. The van der Waals surface area contributed by atoms with Gasteiger partial charge in [-0.25, -0.2) is 0 Å². The number of halogens is 1. The molecule has 0 fully saturated rings. The van der Waals surface area contributed by atoms with Crippen LogP contribution in [0, 0.1) is 5.92 Å². The summed E-state index contributed by atoms with van der Waals surface area (Å²) in [4.78, 5) is 36.3. The quantitative estimate of drug-likeness (QED) is 0.662. The van der Waals surface area contributed by atoms with Gasteiger partial charge in [0.1, 0.15) is 0 Å². The van der Waals surface area contributed by atoms with Gasteiger partial charge < -0.3 is 15.4 Å². The number of hydrogen-bond donors (Lipinski definition) is 2. The van der Waals surface area contributed by atoms with Crippen molar-refractivity contribution >= 4 is 35.1 Å². The number of benzene rings is 2. The minimum absolute atomic E-state index is 0.0266. The first kappa shape index (κ1) is 21.4. The summed E-state index contributed by atoms with van der Waals surface area (Å²) in [6.07, 6.45) is -0.0266. The van der Waals surface area contributed by atoms with Crippen LogP contribution in [0.5, 0.6) is 0 Å². The maximum absolute atomic E-state index is 12.3. The Kier molecular flexibility index (Phi) is 8.02. The third kappa shape index (κ3) is 6.70. The van der Waals surface area contributed by atoms with Crippen molar-refractivity contribution in [3.05, 3.63) is 64.7 Å². The first-order valence-electron chi connectivity index (χ1n) is 8.93. The van der Waals surface area contributed by atoms with Crippen LogP contribution in [-0.4, -0.2) is 30.9 Å². The molecule has 28 heavy (non-hydrogen) atoms. The lowest BCUT2D eigenvalue weighted by Crippen LogP contribution is -2.29. The molecular formula is C21H23ClN2O4. The van der Waals surface area contributed by atoms with Crippen molar-refractivity contribution in [1.82, 2.24) is 5.32 Å². The average Bonchev–Trinajstić information content (AvgIpc) is 2.67. The summed E-state index contributed by atoms with van der Waals surface area (Å²) in [6, 6.07) is 13.6. The molecule has 0 spiro atoms. The van der Waals surface area contributed by atoms with Gasteiger partial charge in [0.25, 0.3) is 11.8 Å². The highest BCUT2D eigenvalue weighted by molar-refractivity contribution is 6.31. The van der Waals surface area contributed by atoms with Crippen LogP contribution in [0.15, 0.2) is 48.5 Å². The fourth-order valence-electron chi connectivity index (χ4n) is 2.36. The molecule has 0 unspecified atom stereocenters. The highest BCUT2D eigenvalue weighted by Gasteiger charge is 2.15. The number of esters is 1. The minimum Gasteiger partial charge on any atom is -0.455 e. The predicted molar refractivity (Wildman–Crippen MR) is 108 cm³/mol. The van der Waals surface area contributed by atoms with E-state index < -0.39 is 18.5 Å². The summed E-state index contributed by atoms with van der Waals surface area (Å²) < 4.78 is 5.00. The number of rotatable bonds is 8. The molecule has 2 aromatic carbocycles. The van der Waals surface area contributed by atoms with Crippen molar-refractivity contribution in [2.45, 2.75) is 20.3 Å². The molecule has 6 nitrogen and oxygen atoms in total. The topological polar surface area (TPSA) is 84.5 Å². The molecule has 2 N–H and O–H groups in total. The van der Waals surface area contributed by atoms with Crippen molar-refractivity contribution in [3.8, 4) is 0 Å². The van der Waals surface area contributed by atoms with Crippen molar-refractivity contribution in [1.29, 1.82) is 0 Å². The number of hydrogen-bond acceptors (Lipinski definition) is 4. The smallest absolute Gasteiger partial charge is 0.310 e. The molecule has 2 amide bonds. The summed E-state index contributed by atoms with van der Waals surface area (Å²) in [7, 11) is 0. The molecule has 0 heterocycles. The Morgan fingerprint density at radius 2 is 1.71 bits per heavy atom. The lowest BCUT2D eigenvalue weighted by molar-refractivity contribution is -0.146. The molecule has 2 aromatic rings. The maximum Gasteiger partial charge on any atom is 0.310 e. The fraction of sp³-hybridized carbons (Fsp3) is 0.286. The Hall–Kier alpha value is -2.86. The van der Waals surface area contributed by atoms with E-state index in [0.717, 1.165) is 0 Å². The number of para-hydroxylation sites is 1. The zero-order chi connectivity index (χ0) is 20.5. The van der Waals surface area contributed by atoms with Gasteiger partial charge in [-0.2, -0.15) is 0 Å². The lowest BCUT2D eigenvalue weighted by Gasteiger charge is -2.12. The number of nitrogens with one attached hydrogen (secondary N) is 2. The van der Waals surface area contributed by atoms with Gasteiger partial charge in [0.2, 0.25) is 0 Å². The van der Waals surface area contributed by atoms with E-state index >= 15 is 0 Å². The molecule has 0 atom stereocenters. The Bertz CT molecular complexity index is 852. The summed E-state index contributed by atoms with van der Waals surface area (Å²) in [5, 5.41) is 5.88. The van der Waals surface area contributed by atoms with E-state index in [1.54, 1.807) is 48.5 Å². The van der Waals surface area contributed by atoms with Gasteiger partial charge in [-0.15, -0.1) is 0 Å². The summed E-state index contributed by atoms with van der Waals surface area (Å²) in [5.41, 5.74) is 1.33. The van der Waals surface area contributed by atoms with E-state index in [2.05, 4.69) is 10.6 Å². The van der Waals surface area contributed by atoms with Gasteiger partial charge in [-0.3, -0.25) is 14.4 Å². The largest absolute Gasteiger partial charge is 0.455 e. The van der Waals surface area contributed by atoms with Crippen molar-refractivity contribution < 1.29 is 19.1 Å². The third-order valence-corrected chi connectivity index (χ3v) is 4.14. The molecule has 0 bridgehead atoms. The van der Waals surface area contributed by atoms with Crippen LogP contribution in [0.4, 0.5) is 5.69 Å². The van der Waals surface area contributed by atoms with E-state index in [-0.39, 0.29) is 12.3 Å². The number of amides is 2. The summed E-state index contributed by atoms with van der Waals surface area (Å²) in [6.45, 7) is 4.06. The van der Waals surface area contributed by atoms with E-state index in [1.807, 2.05) is 13.8 Å². The Balaban J connectivity index is 1.90. The normalized spacial score (nSPS) is 10.4. The molecule has 0 radical (unpaired) electrons. The molecule has 0 aliphatic heterocycles. The Labute approximate surface area is 169 Å². The van der Waals surface area contributed by atoms with Gasteiger partial charge in [0.15, 0.2) is 6.61 Å². The predicted octanol–water partition coefficient (Wildman–Crippen LogP) is 3.45. The molecule has 148 valence electrons. The second-order valence-corrected chi connectivity index (χ2v) is 7.03. The standard InChI is InChI=1S/C21H23ClN2O4/c1-14(2)12-23-21(27)16-8-4-6-10-18(16)24-19(25)13-28-20(26)11-15-7-3-5-9-17(15)22/h3-10,14H,11-13H2,1-2H3,(H,23,27)(H,24,25). The fourth-order valence-corrected chi connectivity index (χ4v) is 2.57. The Morgan fingerprint density at radius 1 is 1.04 bits per heavy atom. The molecule has 0 aromatic heterocycles. The SMILES string of the molecule is CC(C)CNC(=O)c1ccccc1NC(=O)COC(=O)Cc1ccccc1Cl. The first-order valence-corrected chi connectivity index (χ1v) is 9.30. The van der Waals surface area contributed by atoms with Gasteiger partial charge in [0.05, 0.1) is 17.7 Å². The third-order valence-electron chi connectivity index (χ3n) is 3.77. The van der Waals surface area contributed by atoms with Crippen LogP contribution < -0.4 is 10.6 Å². The first-order chi connectivity index (χ1) is 13.4. The minimum atomic E-state index is -0.564. The lowest BCUT2D eigenvalue weighted by atomic mass is 10.1. The molecule has 0 saturated carbocycles.